The second kappa shape index (κ2) is 3.67. The molecular formula is C12H19NS. The molecule has 1 fully saturated rings. The van der Waals surface area contributed by atoms with Gasteiger partial charge < -0.3 is 5.32 Å². The molecule has 0 spiro atoms. The Morgan fingerprint density at radius 1 is 1.43 bits per heavy atom. The standard InChI is InChI=1S/C12H19NS/c1-9(11-4-7-14-8-11)13-10(2)12(3)5-6-12/h4,7-10,13H,5-6H2,1-3H3. The molecule has 1 aromatic heterocycles. The molecular weight excluding hydrogens is 190 g/mol. The number of thiophene rings is 1. The second-order valence-electron chi connectivity index (χ2n) is 4.82. The zero-order valence-corrected chi connectivity index (χ0v) is 10.0. The summed E-state index contributed by atoms with van der Waals surface area (Å²) in [7, 11) is 0. The van der Waals surface area contributed by atoms with Crippen LogP contribution in [0.4, 0.5) is 0 Å². The van der Waals surface area contributed by atoms with Crippen LogP contribution in [0, 0.1) is 5.41 Å². The average molecular weight is 209 g/mol. The van der Waals surface area contributed by atoms with Crippen LogP contribution < -0.4 is 5.32 Å². The van der Waals surface area contributed by atoms with E-state index in [4.69, 9.17) is 0 Å². The van der Waals surface area contributed by atoms with Gasteiger partial charge in [0.05, 0.1) is 0 Å². The minimum atomic E-state index is 0.494. The maximum Gasteiger partial charge on any atom is 0.0302 e. The molecule has 1 N–H and O–H groups in total. The first-order valence-corrected chi connectivity index (χ1v) is 6.34. The minimum Gasteiger partial charge on any atom is -0.307 e. The van der Waals surface area contributed by atoms with Crippen molar-refractivity contribution in [2.45, 2.75) is 45.7 Å². The van der Waals surface area contributed by atoms with Gasteiger partial charge in [0.25, 0.3) is 0 Å². The van der Waals surface area contributed by atoms with Crippen LogP contribution in [0.5, 0.6) is 0 Å². The molecule has 2 heteroatoms. The van der Waals surface area contributed by atoms with Gasteiger partial charge in [-0.15, -0.1) is 0 Å². The Hall–Kier alpha value is -0.340. The summed E-state index contributed by atoms with van der Waals surface area (Å²) >= 11 is 1.78. The lowest BCUT2D eigenvalue weighted by atomic mass is 9.99. The molecule has 2 rings (SSSR count). The van der Waals surface area contributed by atoms with Gasteiger partial charge in [0, 0.05) is 12.1 Å². The van der Waals surface area contributed by atoms with E-state index in [0.717, 1.165) is 0 Å². The first kappa shape index (κ1) is 10.2. The molecule has 0 amide bonds. The van der Waals surface area contributed by atoms with E-state index in [1.807, 2.05) is 0 Å². The van der Waals surface area contributed by atoms with Crippen LogP contribution in [-0.2, 0) is 0 Å². The third kappa shape index (κ3) is 2.01. The normalized spacial score (nSPS) is 23.1. The number of hydrogen-bond donors (Lipinski definition) is 1. The molecule has 1 saturated carbocycles. The van der Waals surface area contributed by atoms with Crippen LogP contribution in [-0.4, -0.2) is 6.04 Å². The van der Waals surface area contributed by atoms with Crippen LogP contribution in [0.1, 0.15) is 45.2 Å². The summed E-state index contributed by atoms with van der Waals surface area (Å²) in [6.45, 7) is 6.95. The van der Waals surface area contributed by atoms with Gasteiger partial charge in [-0.1, -0.05) is 6.92 Å². The first-order chi connectivity index (χ1) is 6.62. The summed E-state index contributed by atoms with van der Waals surface area (Å²) in [5.41, 5.74) is 2.00. The molecule has 0 radical (unpaired) electrons. The van der Waals surface area contributed by atoms with Crippen LogP contribution in [0.25, 0.3) is 0 Å². The highest BCUT2D eigenvalue weighted by atomic mass is 32.1. The minimum absolute atomic E-state index is 0.494. The smallest absolute Gasteiger partial charge is 0.0302 e. The summed E-state index contributed by atoms with van der Waals surface area (Å²) in [5, 5.41) is 8.08. The fraction of sp³-hybridized carbons (Fsp3) is 0.667. The van der Waals surface area contributed by atoms with E-state index in [9.17, 15) is 0 Å². The molecule has 1 aliphatic rings. The topological polar surface area (TPSA) is 12.0 Å². The Balaban J connectivity index is 1.91. The van der Waals surface area contributed by atoms with Gasteiger partial charge in [-0.25, -0.2) is 0 Å². The van der Waals surface area contributed by atoms with Gasteiger partial charge in [0.2, 0.25) is 0 Å². The molecule has 0 bridgehead atoms. The van der Waals surface area contributed by atoms with Gasteiger partial charge in [0.1, 0.15) is 0 Å². The summed E-state index contributed by atoms with van der Waals surface area (Å²) < 4.78 is 0. The zero-order chi connectivity index (χ0) is 10.2. The molecule has 1 heterocycles. The molecule has 2 unspecified atom stereocenters. The highest BCUT2D eigenvalue weighted by molar-refractivity contribution is 7.07. The lowest BCUT2D eigenvalue weighted by Crippen LogP contribution is -2.35. The molecule has 14 heavy (non-hydrogen) atoms. The van der Waals surface area contributed by atoms with Gasteiger partial charge in [-0.05, 0) is 54.5 Å². The van der Waals surface area contributed by atoms with Crippen molar-refractivity contribution >= 4 is 11.3 Å². The summed E-state index contributed by atoms with van der Waals surface area (Å²) in [6, 6.07) is 3.34. The molecule has 0 aliphatic heterocycles. The lowest BCUT2D eigenvalue weighted by molar-refractivity contribution is 0.350. The van der Waals surface area contributed by atoms with Gasteiger partial charge >= 0.3 is 0 Å². The Morgan fingerprint density at radius 3 is 2.64 bits per heavy atom. The van der Waals surface area contributed by atoms with Gasteiger partial charge in [-0.2, -0.15) is 11.3 Å². The molecule has 0 aromatic carbocycles. The van der Waals surface area contributed by atoms with Crippen LogP contribution >= 0.6 is 11.3 Å². The number of nitrogens with one attached hydrogen (secondary N) is 1. The fourth-order valence-electron chi connectivity index (χ4n) is 1.82. The Bertz CT molecular complexity index is 287. The predicted molar refractivity (Wildman–Crippen MR) is 62.7 cm³/mol. The van der Waals surface area contributed by atoms with E-state index in [-0.39, 0.29) is 0 Å². The number of rotatable bonds is 4. The van der Waals surface area contributed by atoms with Crippen molar-refractivity contribution in [2.75, 3.05) is 0 Å². The maximum absolute atomic E-state index is 3.69. The average Bonchev–Trinajstić information content (AvgIpc) is 2.71. The predicted octanol–water partition coefficient (Wildman–Crippen LogP) is 3.59. The van der Waals surface area contributed by atoms with E-state index in [1.54, 1.807) is 11.3 Å². The van der Waals surface area contributed by atoms with Gasteiger partial charge in [0.15, 0.2) is 0 Å². The van der Waals surface area contributed by atoms with E-state index in [2.05, 4.69) is 42.9 Å². The van der Waals surface area contributed by atoms with Crippen LogP contribution in [0.15, 0.2) is 16.8 Å². The van der Waals surface area contributed by atoms with E-state index < -0.39 is 0 Å². The summed E-state index contributed by atoms with van der Waals surface area (Å²) in [4.78, 5) is 0. The zero-order valence-electron chi connectivity index (χ0n) is 9.21. The van der Waals surface area contributed by atoms with Crippen molar-refractivity contribution in [3.63, 3.8) is 0 Å². The molecule has 1 aromatic rings. The Labute approximate surface area is 90.5 Å². The van der Waals surface area contributed by atoms with Crippen molar-refractivity contribution < 1.29 is 0 Å². The summed E-state index contributed by atoms with van der Waals surface area (Å²) in [6.07, 6.45) is 2.77. The molecule has 1 nitrogen and oxygen atoms in total. The Morgan fingerprint density at radius 2 is 2.14 bits per heavy atom. The van der Waals surface area contributed by atoms with E-state index in [1.165, 1.54) is 18.4 Å². The molecule has 2 atom stereocenters. The SMILES string of the molecule is CC(NC(C)C1(C)CC1)c1ccsc1. The molecule has 0 saturated heterocycles. The molecule has 78 valence electrons. The number of hydrogen-bond acceptors (Lipinski definition) is 2. The van der Waals surface area contributed by atoms with E-state index in [0.29, 0.717) is 17.5 Å². The van der Waals surface area contributed by atoms with E-state index >= 15 is 0 Å². The fourth-order valence-corrected chi connectivity index (χ4v) is 2.58. The maximum atomic E-state index is 3.69. The van der Waals surface area contributed by atoms with Crippen molar-refractivity contribution in [3.05, 3.63) is 22.4 Å². The third-order valence-corrected chi connectivity index (χ3v) is 4.33. The highest BCUT2D eigenvalue weighted by Crippen LogP contribution is 2.48. The van der Waals surface area contributed by atoms with Crippen molar-refractivity contribution in [1.29, 1.82) is 0 Å². The van der Waals surface area contributed by atoms with Crippen molar-refractivity contribution in [3.8, 4) is 0 Å². The molecule has 1 aliphatic carbocycles. The van der Waals surface area contributed by atoms with Crippen LogP contribution in [0.2, 0.25) is 0 Å². The third-order valence-electron chi connectivity index (χ3n) is 3.63. The quantitative estimate of drug-likeness (QED) is 0.799. The largest absolute Gasteiger partial charge is 0.307 e. The second-order valence-corrected chi connectivity index (χ2v) is 5.60. The summed E-state index contributed by atoms with van der Waals surface area (Å²) in [5.74, 6) is 0. The monoisotopic (exact) mass is 209 g/mol. The van der Waals surface area contributed by atoms with Crippen LogP contribution in [0.3, 0.4) is 0 Å². The Kier molecular flexibility index (Phi) is 2.67. The van der Waals surface area contributed by atoms with Crippen molar-refractivity contribution in [2.24, 2.45) is 5.41 Å². The highest BCUT2D eigenvalue weighted by Gasteiger charge is 2.42. The lowest BCUT2D eigenvalue weighted by Gasteiger charge is -2.24. The van der Waals surface area contributed by atoms with Crippen molar-refractivity contribution in [1.82, 2.24) is 5.32 Å². The van der Waals surface area contributed by atoms with Gasteiger partial charge in [-0.3, -0.25) is 0 Å². The first-order valence-electron chi connectivity index (χ1n) is 5.40.